The number of halogens is 1. The van der Waals surface area contributed by atoms with Gasteiger partial charge in [-0.25, -0.2) is 9.97 Å². The number of benzene rings is 1. The summed E-state index contributed by atoms with van der Waals surface area (Å²) in [6.07, 6.45) is 3.25. The first-order valence-corrected chi connectivity index (χ1v) is 7.41. The molecule has 1 amide bonds. The van der Waals surface area contributed by atoms with Crippen LogP contribution in [-0.2, 0) is 11.2 Å². The zero-order valence-corrected chi connectivity index (χ0v) is 13.1. The van der Waals surface area contributed by atoms with Gasteiger partial charge in [0.05, 0.1) is 12.1 Å². The van der Waals surface area contributed by atoms with Crippen LogP contribution in [0.1, 0.15) is 5.69 Å². The number of nitrogens with zero attached hydrogens (tertiary/aromatic N) is 2. The lowest BCUT2D eigenvalue weighted by Crippen LogP contribution is -2.15. The Morgan fingerprint density at radius 3 is 2.73 bits per heavy atom. The van der Waals surface area contributed by atoms with Gasteiger partial charge in [-0.15, -0.1) is 0 Å². The maximum atomic E-state index is 12.0. The van der Waals surface area contributed by atoms with Gasteiger partial charge in [0.25, 0.3) is 0 Å². The summed E-state index contributed by atoms with van der Waals surface area (Å²) in [5.41, 5.74) is 1.46. The lowest BCUT2D eigenvalue weighted by Gasteiger charge is -2.02. The molecule has 0 fully saturated rings. The number of carbonyl (C=O) groups excluding carboxylic acids is 1. The van der Waals surface area contributed by atoms with Gasteiger partial charge in [0.2, 0.25) is 11.8 Å². The number of oxazole rings is 1. The van der Waals surface area contributed by atoms with Crippen molar-refractivity contribution in [3.63, 3.8) is 0 Å². The standard InChI is InChI=1S/C16H12BrN3O2/c17-12-6-7-14(18-9-12)20-15(21)8-13-10-22-16(19-13)11-4-2-1-3-5-11/h1-7,9-10H,8H2,(H,18,20,21). The van der Waals surface area contributed by atoms with E-state index in [9.17, 15) is 4.79 Å². The second kappa shape index (κ2) is 6.53. The summed E-state index contributed by atoms with van der Waals surface area (Å²) in [5.74, 6) is 0.813. The Bertz CT molecular complexity index is 770. The van der Waals surface area contributed by atoms with Gasteiger partial charge >= 0.3 is 0 Å². The molecule has 22 heavy (non-hydrogen) atoms. The number of hydrogen-bond acceptors (Lipinski definition) is 4. The predicted octanol–water partition coefficient (Wildman–Crippen LogP) is 3.68. The summed E-state index contributed by atoms with van der Waals surface area (Å²) in [4.78, 5) is 20.4. The first kappa shape index (κ1) is 14.5. The number of aromatic nitrogens is 2. The molecule has 0 unspecified atom stereocenters. The van der Waals surface area contributed by atoms with Crippen LogP contribution in [-0.4, -0.2) is 15.9 Å². The van der Waals surface area contributed by atoms with Crippen molar-refractivity contribution in [1.82, 2.24) is 9.97 Å². The molecule has 1 aromatic carbocycles. The van der Waals surface area contributed by atoms with Crippen LogP contribution < -0.4 is 5.32 Å². The topological polar surface area (TPSA) is 68.0 Å². The fourth-order valence-electron chi connectivity index (χ4n) is 1.90. The molecule has 3 aromatic rings. The van der Waals surface area contributed by atoms with Crippen LogP contribution in [0, 0.1) is 0 Å². The summed E-state index contributed by atoms with van der Waals surface area (Å²) >= 11 is 3.29. The molecular formula is C16H12BrN3O2. The Hall–Kier alpha value is -2.47. The Balaban J connectivity index is 1.65. The molecule has 110 valence electrons. The number of rotatable bonds is 4. The molecule has 5 nitrogen and oxygen atoms in total. The van der Waals surface area contributed by atoms with E-state index in [-0.39, 0.29) is 12.3 Å². The number of pyridine rings is 1. The van der Waals surface area contributed by atoms with Crippen molar-refractivity contribution >= 4 is 27.7 Å². The molecule has 0 atom stereocenters. The van der Waals surface area contributed by atoms with Crippen LogP contribution in [0.3, 0.4) is 0 Å². The van der Waals surface area contributed by atoms with Gasteiger partial charge in [0, 0.05) is 16.2 Å². The van der Waals surface area contributed by atoms with E-state index in [1.807, 2.05) is 36.4 Å². The molecule has 1 N–H and O–H groups in total. The fourth-order valence-corrected chi connectivity index (χ4v) is 2.14. The van der Waals surface area contributed by atoms with Crippen LogP contribution in [0.15, 0.2) is 63.8 Å². The van der Waals surface area contributed by atoms with E-state index in [0.717, 1.165) is 10.0 Å². The minimum absolute atomic E-state index is 0.133. The van der Waals surface area contributed by atoms with E-state index in [4.69, 9.17) is 4.42 Å². The zero-order valence-electron chi connectivity index (χ0n) is 11.5. The number of nitrogens with one attached hydrogen (secondary N) is 1. The fraction of sp³-hybridized carbons (Fsp3) is 0.0625. The predicted molar refractivity (Wildman–Crippen MR) is 86.2 cm³/mol. The summed E-state index contributed by atoms with van der Waals surface area (Å²) in [7, 11) is 0. The van der Waals surface area contributed by atoms with E-state index < -0.39 is 0 Å². The van der Waals surface area contributed by atoms with Crippen LogP contribution in [0.2, 0.25) is 0 Å². The first-order chi connectivity index (χ1) is 10.7. The normalized spacial score (nSPS) is 10.4. The van der Waals surface area contributed by atoms with E-state index in [1.54, 1.807) is 12.3 Å². The third-order valence-electron chi connectivity index (χ3n) is 2.91. The van der Waals surface area contributed by atoms with Crippen molar-refractivity contribution in [3.05, 3.63) is 65.1 Å². The average Bonchev–Trinajstić information content (AvgIpc) is 2.99. The van der Waals surface area contributed by atoms with Crippen LogP contribution in [0.4, 0.5) is 5.82 Å². The molecule has 2 heterocycles. The van der Waals surface area contributed by atoms with Crippen molar-refractivity contribution in [2.45, 2.75) is 6.42 Å². The minimum Gasteiger partial charge on any atom is -0.444 e. The Morgan fingerprint density at radius 1 is 1.18 bits per heavy atom. The SMILES string of the molecule is O=C(Cc1coc(-c2ccccc2)n1)Nc1ccc(Br)cn1. The number of hydrogen-bond donors (Lipinski definition) is 1. The van der Waals surface area contributed by atoms with Crippen molar-refractivity contribution in [2.24, 2.45) is 0 Å². The van der Waals surface area contributed by atoms with Crippen molar-refractivity contribution in [2.75, 3.05) is 5.32 Å². The van der Waals surface area contributed by atoms with Gasteiger partial charge in [-0.1, -0.05) is 18.2 Å². The zero-order chi connectivity index (χ0) is 15.4. The second-order valence-corrected chi connectivity index (χ2v) is 5.51. The Labute approximate surface area is 135 Å². The number of anilines is 1. The number of carbonyl (C=O) groups is 1. The highest BCUT2D eigenvalue weighted by Crippen LogP contribution is 2.18. The molecule has 0 spiro atoms. The molecule has 0 aliphatic heterocycles. The third kappa shape index (κ3) is 3.59. The molecule has 0 aliphatic rings. The van der Waals surface area contributed by atoms with Crippen molar-refractivity contribution < 1.29 is 9.21 Å². The smallest absolute Gasteiger partial charge is 0.231 e. The van der Waals surface area contributed by atoms with Gasteiger partial charge < -0.3 is 9.73 Å². The van der Waals surface area contributed by atoms with E-state index >= 15 is 0 Å². The van der Waals surface area contributed by atoms with Crippen molar-refractivity contribution in [3.8, 4) is 11.5 Å². The largest absolute Gasteiger partial charge is 0.444 e. The molecule has 6 heteroatoms. The lowest BCUT2D eigenvalue weighted by atomic mass is 10.2. The van der Waals surface area contributed by atoms with Gasteiger partial charge in [0.15, 0.2) is 0 Å². The van der Waals surface area contributed by atoms with Crippen LogP contribution >= 0.6 is 15.9 Å². The van der Waals surface area contributed by atoms with Gasteiger partial charge in [0.1, 0.15) is 12.1 Å². The van der Waals surface area contributed by atoms with E-state index in [0.29, 0.717) is 17.4 Å². The van der Waals surface area contributed by atoms with Crippen molar-refractivity contribution in [1.29, 1.82) is 0 Å². The maximum absolute atomic E-state index is 12.0. The van der Waals surface area contributed by atoms with Crippen LogP contribution in [0.5, 0.6) is 0 Å². The molecule has 2 aromatic heterocycles. The third-order valence-corrected chi connectivity index (χ3v) is 3.38. The molecule has 0 radical (unpaired) electrons. The molecule has 0 bridgehead atoms. The molecule has 3 rings (SSSR count). The monoisotopic (exact) mass is 357 g/mol. The van der Waals surface area contributed by atoms with E-state index in [2.05, 4.69) is 31.2 Å². The molecule has 0 saturated carbocycles. The molecule has 0 aliphatic carbocycles. The Morgan fingerprint density at radius 2 is 2.00 bits per heavy atom. The summed E-state index contributed by atoms with van der Waals surface area (Å²) < 4.78 is 6.26. The molecule has 0 saturated heterocycles. The lowest BCUT2D eigenvalue weighted by molar-refractivity contribution is -0.115. The number of amides is 1. The summed E-state index contributed by atoms with van der Waals surface area (Å²) in [6, 6.07) is 13.1. The highest BCUT2D eigenvalue weighted by atomic mass is 79.9. The van der Waals surface area contributed by atoms with Gasteiger partial charge in [-0.2, -0.15) is 0 Å². The quantitative estimate of drug-likeness (QED) is 0.773. The highest BCUT2D eigenvalue weighted by Gasteiger charge is 2.10. The Kier molecular flexibility index (Phi) is 4.29. The van der Waals surface area contributed by atoms with Crippen LogP contribution in [0.25, 0.3) is 11.5 Å². The van der Waals surface area contributed by atoms with E-state index in [1.165, 1.54) is 6.26 Å². The summed E-state index contributed by atoms with van der Waals surface area (Å²) in [6.45, 7) is 0. The minimum atomic E-state index is -0.192. The first-order valence-electron chi connectivity index (χ1n) is 6.62. The van der Waals surface area contributed by atoms with Gasteiger partial charge in [-0.3, -0.25) is 4.79 Å². The second-order valence-electron chi connectivity index (χ2n) is 4.60. The van der Waals surface area contributed by atoms with Gasteiger partial charge in [-0.05, 0) is 40.2 Å². The highest BCUT2D eigenvalue weighted by molar-refractivity contribution is 9.10. The average molecular weight is 358 g/mol. The molecular weight excluding hydrogens is 346 g/mol. The summed E-state index contributed by atoms with van der Waals surface area (Å²) in [5, 5.41) is 2.71. The maximum Gasteiger partial charge on any atom is 0.231 e.